The summed E-state index contributed by atoms with van der Waals surface area (Å²) in [6.07, 6.45) is -9.93. The number of benzene rings is 1. The number of carbonyl (C=O) groups excluding carboxylic acids is 4. The van der Waals surface area contributed by atoms with Crippen molar-refractivity contribution in [1.82, 2.24) is 0 Å². The van der Waals surface area contributed by atoms with Gasteiger partial charge in [0.05, 0.1) is 72.5 Å². The number of ether oxygens (including phenoxy) is 13. The van der Waals surface area contributed by atoms with E-state index in [9.17, 15) is 26.2 Å². The van der Waals surface area contributed by atoms with E-state index in [2.05, 4.69) is 37.0 Å². The molecule has 1 aromatic rings. The molecule has 6 heterocycles. The fourth-order valence-electron chi connectivity index (χ4n) is 12.1. The minimum atomic E-state index is -1.17. The van der Waals surface area contributed by atoms with Crippen molar-refractivity contribution in [3.63, 3.8) is 0 Å². The molecule has 444 valence electrons. The van der Waals surface area contributed by atoms with E-state index in [4.69, 9.17) is 71.2 Å². The zero-order chi connectivity index (χ0) is 58.4. The zero-order valence-corrected chi connectivity index (χ0v) is 47.8. The molecular weight excluding hydrogens is 1050 g/mol. The van der Waals surface area contributed by atoms with Crippen LogP contribution in [-0.4, -0.2) is 155 Å². The minimum absolute atomic E-state index is 0.0741. The monoisotopic (exact) mass is 1130 g/mol. The summed E-state index contributed by atoms with van der Waals surface area (Å²) < 4.78 is 85.1. The second-order valence-electron chi connectivity index (χ2n) is 21.7. The summed E-state index contributed by atoms with van der Waals surface area (Å²) in [5, 5.41) is 12.4. The van der Waals surface area contributed by atoms with Gasteiger partial charge in [-0.25, -0.2) is 4.79 Å². The smallest absolute Gasteiger partial charge is 0.373 e. The molecule has 0 saturated carbocycles. The Hall–Kier alpha value is -4.81. The fraction of sp³-hybridized carbons (Fsp3) is 0.833. The first kappa shape index (κ1) is 64.4. The molecule has 6 fully saturated rings. The lowest BCUT2D eigenvalue weighted by atomic mass is 9.81. The highest BCUT2D eigenvalue weighted by Crippen LogP contribution is 2.44. The van der Waals surface area contributed by atoms with Crippen LogP contribution in [0.5, 0.6) is 0 Å². The molecule has 0 radical (unpaired) electrons. The number of methoxy groups -OCH3 is 1. The van der Waals surface area contributed by atoms with Gasteiger partial charge >= 0.3 is 12.1 Å². The van der Waals surface area contributed by atoms with Crippen molar-refractivity contribution in [2.24, 2.45) is 50.9 Å². The molecule has 0 aliphatic carbocycles. The van der Waals surface area contributed by atoms with Gasteiger partial charge in [-0.05, 0) is 105 Å². The lowest BCUT2D eigenvalue weighted by Crippen LogP contribution is -2.64. The summed E-state index contributed by atoms with van der Waals surface area (Å²) in [5.41, 5.74) is 29.6. The molecule has 0 spiro atoms. The molecule has 0 amide bonds. The van der Waals surface area contributed by atoms with E-state index in [1.165, 1.54) is 14.0 Å². The number of hydrogen-bond donors (Lipinski definition) is 0. The summed E-state index contributed by atoms with van der Waals surface area (Å²) in [6.45, 7) is 21.2. The third-order valence-corrected chi connectivity index (χ3v) is 16.8. The Morgan fingerprint density at radius 1 is 0.575 bits per heavy atom. The molecular formula is C54H81N9O17. The minimum Gasteiger partial charge on any atom is -0.453 e. The third kappa shape index (κ3) is 14.9. The predicted octanol–water partition coefficient (Wildman–Crippen LogP) is 9.04. The van der Waals surface area contributed by atoms with Gasteiger partial charge in [-0.1, -0.05) is 95.9 Å². The Morgan fingerprint density at radius 3 is 1.57 bits per heavy atom. The quantitative estimate of drug-likeness (QED) is 0.0508. The van der Waals surface area contributed by atoms with E-state index in [0.717, 1.165) is 12.8 Å². The molecule has 26 atom stereocenters. The summed E-state index contributed by atoms with van der Waals surface area (Å²) in [4.78, 5) is 53.3. The number of nitrogens with zero attached hydrogens (tertiary/aromatic N) is 9. The van der Waals surface area contributed by atoms with Crippen molar-refractivity contribution in [3.8, 4) is 0 Å². The molecule has 6 aliphatic heterocycles. The second-order valence-corrected chi connectivity index (χ2v) is 21.7. The van der Waals surface area contributed by atoms with Crippen LogP contribution in [-0.2, 0) is 76.0 Å². The highest BCUT2D eigenvalue weighted by molar-refractivity contribution is 5.89. The average Bonchev–Trinajstić information content (AvgIpc) is 3.46. The molecule has 80 heavy (non-hydrogen) atoms. The van der Waals surface area contributed by atoms with Gasteiger partial charge in [0.1, 0.15) is 12.2 Å². The molecule has 7 rings (SSSR count). The van der Waals surface area contributed by atoms with E-state index in [0.29, 0.717) is 37.9 Å². The predicted molar refractivity (Wildman–Crippen MR) is 280 cm³/mol. The standard InChI is InChI=1S/C53H81N9O15.CO2/c1-13-34-25(4)26(5)38(57-60-54)50(68-34)76-44-30(9)45(71-37-23-19-20-24-66-37)53(77-47(44)31(10)63)75-43-28(7)40(59-62-56)51(70-36(43)15-3)73-41-29(8)46(72-48(64)33-21-17-16-18-22-33)52(67-32(41)11)74-42-27(6)39(58-61-55)49(65-12)69-35(42)14-2;2-1-3/h16-18,21-22,25-30,32,34-47,49-53H,13-15,19-20,23-24H2,1-12H3;/t25-,26-,27+,28+,29-,30-,32?,34?,35?,36?,37?,38?,39?,40?,41-,42-,43-,44-,45?,46?,47?,49-,50+,51+,52+,53+;/m0./s1. The number of Topliss-reactive ketones (excluding diaryl/α,β-unsaturated/α-hetero) is 1. The number of rotatable bonds is 20. The topological polar surface area (TPSA) is 335 Å². The maximum atomic E-state index is 13.9. The molecule has 1 aromatic carbocycles. The van der Waals surface area contributed by atoms with Crippen LogP contribution in [0.4, 0.5) is 0 Å². The molecule has 0 bridgehead atoms. The van der Waals surface area contributed by atoms with Gasteiger partial charge < -0.3 is 61.6 Å². The third-order valence-electron chi connectivity index (χ3n) is 16.8. The highest BCUT2D eigenvalue weighted by atomic mass is 16.8. The Bertz CT molecular complexity index is 2340. The van der Waals surface area contributed by atoms with Crippen LogP contribution in [0, 0.1) is 35.5 Å². The van der Waals surface area contributed by atoms with E-state index in [1.807, 2.05) is 62.3 Å². The lowest BCUT2D eigenvalue weighted by molar-refractivity contribution is -0.370. The van der Waals surface area contributed by atoms with Crippen molar-refractivity contribution in [2.45, 2.75) is 238 Å². The van der Waals surface area contributed by atoms with Crippen LogP contribution >= 0.6 is 0 Å². The Morgan fingerprint density at radius 2 is 1.06 bits per heavy atom. The summed E-state index contributed by atoms with van der Waals surface area (Å²) in [7, 11) is 1.48. The second kappa shape index (κ2) is 30.5. The van der Waals surface area contributed by atoms with Crippen LogP contribution in [0.3, 0.4) is 0 Å². The number of ketones is 1. The van der Waals surface area contributed by atoms with Gasteiger partial charge in [0, 0.05) is 40.3 Å². The van der Waals surface area contributed by atoms with E-state index in [1.54, 1.807) is 30.3 Å². The van der Waals surface area contributed by atoms with Crippen molar-refractivity contribution in [3.05, 3.63) is 67.2 Å². The van der Waals surface area contributed by atoms with Crippen molar-refractivity contribution in [1.29, 1.82) is 0 Å². The van der Waals surface area contributed by atoms with E-state index in [-0.39, 0.29) is 29.9 Å². The maximum absolute atomic E-state index is 13.9. The molecule has 6 aliphatic rings. The zero-order valence-electron chi connectivity index (χ0n) is 47.8. The van der Waals surface area contributed by atoms with Gasteiger partial charge in [0.25, 0.3) is 0 Å². The van der Waals surface area contributed by atoms with Crippen LogP contribution < -0.4 is 0 Å². The van der Waals surface area contributed by atoms with Crippen molar-refractivity contribution in [2.75, 3.05) is 13.7 Å². The maximum Gasteiger partial charge on any atom is 0.373 e. The molecule has 26 heteroatoms. The molecule has 26 nitrogen and oxygen atoms in total. The lowest BCUT2D eigenvalue weighted by Gasteiger charge is -2.52. The first-order chi connectivity index (χ1) is 38.4. The summed E-state index contributed by atoms with van der Waals surface area (Å²) in [5.74, 6) is -3.14. The van der Waals surface area contributed by atoms with Gasteiger partial charge in [0.15, 0.2) is 49.6 Å². The van der Waals surface area contributed by atoms with Crippen LogP contribution in [0.25, 0.3) is 31.3 Å². The van der Waals surface area contributed by atoms with Crippen molar-refractivity contribution < 1.29 is 80.8 Å². The Labute approximate surface area is 466 Å². The van der Waals surface area contributed by atoms with E-state index < -0.39 is 147 Å². The molecule has 11 unspecified atom stereocenters. The highest BCUT2D eigenvalue weighted by Gasteiger charge is 2.56. The normalized spacial score (nSPS) is 41.9. The number of hydrogen-bond acceptors (Lipinski definition) is 20. The number of azide groups is 3. The van der Waals surface area contributed by atoms with Gasteiger partial charge in [-0.2, -0.15) is 9.59 Å². The fourth-order valence-corrected chi connectivity index (χ4v) is 12.1. The largest absolute Gasteiger partial charge is 0.453 e. The van der Waals surface area contributed by atoms with Gasteiger partial charge in [-0.3, -0.25) is 4.79 Å². The van der Waals surface area contributed by atoms with Crippen molar-refractivity contribution >= 4 is 17.9 Å². The average molecular weight is 1130 g/mol. The summed E-state index contributed by atoms with van der Waals surface area (Å²) >= 11 is 0. The first-order valence-corrected chi connectivity index (χ1v) is 28.0. The molecule has 6 saturated heterocycles. The van der Waals surface area contributed by atoms with Crippen LogP contribution in [0.15, 0.2) is 45.7 Å². The Kier molecular flexibility index (Phi) is 24.5. The Balaban J connectivity index is 0.00000336. The number of carbonyl (C=O) groups is 2. The van der Waals surface area contributed by atoms with Crippen LogP contribution in [0.2, 0.25) is 0 Å². The molecule has 0 aromatic heterocycles. The summed E-state index contributed by atoms with van der Waals surface area (Å²) in [6, 6.07) is 6.16. The van der Waals surface area contributed by atoms with Gasteiger partial charge in [0.2, 0.25) is 0 Å². The van der Waals surface area contributed by atoms with Crippen LogP contribution in [0.1, 0.15) is 125 Å². The first-order valence-electron chi connectivity index (χ1n) is 28.0. The molecule has 0 N–H and O–H groups in total. The SMILES string of the molecule is CCC1O[C@H](O[C@@H]2C(C(C)=O)O[C@@H](O[C@@H]3C(CC)O[C@H](O[C@@H]4C(C)O[C@H](O[C@@H]5C(CC)O[C@H](OC)C(N=[N+]=[N-])[C@H]5C)C(OC(=O)c5ccccc5)[C@H]4C)C(N=[N+]=[N-])[C@H]3C)C(OC3CCCCO3)[C@H]2C)C(N=[N+]=[N-])[C@@H](C)[C@@H]1C.O=C=O. The number of esters is 1. The van der Waals surface area contributed by atoms with E-state index >= 15 is 0 Å². The van der Waals surface area contributed by atoms with Gasteiger partial charge in [-0.15, -0.1) is 0 Å².